The monoisotopic (exact) mass is 503 g/mol. The van der Waals surface area contributed by atoms with E-state index in [1.54, 1.807) is 0 Å². The van der Waals surface area contributed by atoms with Crippen molar-refractivity contribution in [3.8, 4) is 0 Å². The molecule has 0 saturated heterocycles. The van der Waals surface area contributed by atoms with E-state index in [9.17, 15) is 19.5 Å². The normalized spacial score (nSPS) is 17.6. The highest BCUT2D eigenvalue weighted by Gasteiger charge is 2.28. The average Bonchev–Trinajstić information content (AvgIpc) is 3.24. The van der Waals surface area contributed by atoms with Gasteiger partial charge in [-0.25, -0.2) is 0 Å². The van der Waals surface area contributed by atoms with Crippen LogP contribution < -0.4 is 10.6 Å². The molecule has 2 atom stereocenters. The number of hydrogen-bond donors (Lipinski definition) is 3. The summed E-state index contributed by atoms with van der Waals surface area (Å²) in [5.74, 6) is -2.30. The van der Waals surface area contributed by atoms with Gasteiger partial charge in [0.2, 0.25) is 11.8 Å². The third-order valence-corrected chi connectivity index (χ3v) is 7.21. The van der Waals surface area contributed by atoms with E-state index in [2.05, 4.69) is 33.5 Å². The van der Waals surface area contributed by atoms with Gasteiger partial charge >= 0.3 is 5.97 Å². The van der Waals surface area contributed by atoms with Crippen molar-refractivity contribution >= 4 is 28.7 Å². The lowest BCUT2D eigenvalue weighted by molar-refractivity contribution is -0.141. The quantitative estimate of drug-likeness (QED) is 0.422. The van der Waals surface area contributed by atoms with Crippen LogP contribution in [0.2, 0.25) is 0 Å². The van der Waals surface area contributed by atoms with Crippen LogP contribution in [0, 0.1) is 5.92 Å². The number of aromatic nitrogens is 1. The van der Waals surface area contributed by atoms with Crippen molar-refractivity contribution in [2.45, 2.75) is 70.4 Å². The highest BCUT2D eigenvalue weighted by molar-refractivity contribution is 5.91. The maximum Gasteiger partial charge on any atom is 0.304 e. The number of carbonyl (C=O) groups is 3. The minimum Gasteiger partial charge on any atom is -0.481 e. The summed E-state index contributed by atoms with van der Waals surface area (Å²) in [6.45, 7) is 1.49. The molecule has 1 aliphatic heterocycles. The number of nitrogens with zero attached hydrogens (tertiary/aromatic N) is 1. The number of para-hydroxylation sites is 1. The average molecular weight is 504 g/mol. The molecule has 0 saturated carbocycles. The predicted octanol–water partition coefficient (Wildman–Crippen LogP) is 4.47. The maximum absolute atomic E-state index is 13.3. The second kappa shape index (κ2) is 13.1. The van der Waals surface area contributed by atoms with Crippen LogP contribution in [0.5, 0.6) is 0 Å². The van der Waals surface area contributed by atoms with Crippen LogP contribution in [0.25, 0.3) is 10.9 Å². The van der Waals surface area contributed by atoms with Crippen LogP contribution in [-0.4, -0.2) is 40.0 Å². The summed E-state index contributed by atoms with van der Waals surface area (Å²) in [6, 6.07) is 17.3. The summed E-state index contributed by atoms with van der Waals surface area (Å²) < 4.78 is 2.25. The van der Waals surface area contributed by atoms with Crippen molar-refractivity contribution in [3.63, 3.8) is 0 Å². The van der Waals surface area contributed by atoms with Gasteiger partial charge in [-0.05, 0) is 49.3 Å². The van der Waals surface area contributed by atoms with Crippen molar-refractivity contribution < 1.29 is 19.5 Å². The topological polar surface area (TPSA) is 100 Å². The van der Waals surface area contributed by atoms with E-state index < -0.39 is 17.9 Å². The summed E-state index contributed by atoms with van der Waals surface area (Å²) in [5.41, 5.74) is 3.29. The number of carboxylic acids is 1. The fraction of sp³-hybridized carbons (Fsp3) is 0.433. The van der Waals surface area contributed by atoms with Crippen molar-refractivity contribution in [2.24, 2.45) is 5.92 Å². The van der Waals surface area contributed by atoms with E-state index >= 15 is 0 Å². The Morgan fingerprint density at radius 2 is 1.78 bits per heavy atom. The second-order valence-electron chi connectivity index (χ2n) is 10.0. The van der Waals surface area contributed by atoms with Crippen molar-refractivity contribution in [1.29, 1.82) is 0 Å². The Kier molecular flexibility index (Phi) is 9.35. The largest absolute Gasteiger partial charge is 0.481 e. The molecule has 0 spiro atoms. The van der Waals surface area contributed by atoms with Crippen LogP contribution in [-0.2, 0) is 33.8 Å². The first-order valence-electron chi connectivity index (χ1n) is 13.4. The zero-order valence-corrected chi connectivity index (χ0v) is 21.3. The molecule has 196 valence electrons. The third kappa shape index (κ3) is 7.44. The summed E-state index contributed by atoms with van der Waals surface area (Å²) in [6.07, 6.45) is 8.21. The summed E-state index contributed by atoms with van der Waals surface area (Å²) in [4.78, 5) is 38.1. The number of benzene rings is 2. The van der Waals surface area contributed by atoms with Crippen LogP contribution >= 0.6 is 0 Å². The van der Waals surface area contributed by atoms with E-state index in [1.807, 2.05) is 42.5 Å². The first kappa shape index (κ1) is 26.5. The van der Waals surface area contributed by atoms with Crippen molar-refractivity contribution in [2.75, 3.05) is 6.54 Å². The summed E-state index contributed by atoms with van der Waals surface area (Å²) >= 11 is 0. The first-order chi connectivity index (χ1) is 18.0. The number of rotatable bonds is 8. The van der Waals surface area contributed by atoms with E-state index in [0.29, 0.717) is 25.8 Å². The smallest absolute Gasteiger partial charge is 0.304 e. The standard InChI is InChI=1S/C30H37N3O4/c34-28(35)20-23(14-10-13-22-11-4-3-5-12-22)29(36)32-26-19-24-21-33(27-16-7-6-15-25(24)27)18-9-2-1-8-17-31-30(26)37/h3-7,11-12,15-16,21,23,26H,1-2,8-10,13-14,17-20H2,(H,31,37)(H,32,36)(H,34,35)/t23-,26+/m1/s1. The van der Waals surface area contributed by atoms with Crippen LogP contribution in [0.1, 0.15) is 56.1 Å². The second-order valence-corrected chi connectivity index (χ2v) is 10.0. The zero-order chi connectivity index (χ0) is 26.0. The molecule has 2 aromatic carbocycles. The molecule has 4 rings (SSSR count). The number of nitrogens with one attached hydrogen (secondary N) is 2. The Hall–Kier alpha value is -3.61. The van der Waals surface area contributed by atoms with Gasteiger partial charge in [-0.1, -0.05) is 61.4 Å². The van der Waals surface area contributed by atoms with Gasteiger partial charge in [-0.2, -0.15) is 0 Å². The van der Waals surface area contributed by atoms with E-state index in [0.717, 1.165) is 60.7 Å². The molecule has 7 nitrogen and oxygen atoms in total. The lowest BCUT2D eigenvalue weighted by atomic mass is 9.94. The number of carboxylic acid groups (broad SMARTS) is 1. The Morgan fingerprint density at radius 3 is 2.59 bits per heavy atom. The Labute approximate surface area is 218 Å². The number of amides is 2. The van der Waals surface area contributed by atoms with Crippen LogP contribution in [0.4, 0.5) is 0 Å². The molecule has 3 aromatic rings. The summed E-state index contributed by atoms with van der Waals surface area (Å²) in [5, 5.41) is 16.5. The van der Waals surface area contributed by atoms with Gasteiger partial charge in [0.05, 0.1) is 6.42 Å². The minimum atomic E-state index is -1.01. The Morgan fingerprint density at radius 1 is 1.03 bits per heavy atom. The van der Waals surface area contributed by atoms with Crippen LogP contribution in [0.15, 0.2) is 60.8 Å². The molecule has 1 aliphatic rings. The maximum atomic E-state index is 13.3. The predicted molar refractivity (Wildman–Crippen MR) is 144 cm³/mol. The van der Waals surface area contributed by atoms with Crippen molar-refractivity contribution in [1.82, 2.24) is 15.2 Å². The van der Waals surface area contributed by atoms with E-state index in [1.165, 1.54) is 0 Å². The molecule has 3 N–H and O–H groups in total. The van der Waals surface area contributed by atoms with Gasteiger partial charge in [0.15, 0.2) is 0 Å². The molecule has 0 unspecified atom stereocenters. The van der Waals surface area contributed by atoms with Gasteiger partial charge in [-0.3, -0.25) is 14.4 Å². The molecule has 2 amide bonds. The fourth-order valence-electron chi connectivity index (χ4n) is 5.22. The number of hydrogen-bond acceptors (Lipinski definition) is 3. The molecule has 7 heteroatoms. The molecular formula is C30H37N3O4. The Balaban J connectivity index is 1.51. The van der Waals surface area contributed by atoms with Gasteiger partial charge in [0, 0.05) is 42.5 Å². The molecule has 0 fully saturated rings. The number of carbonyl (C=O) groups excluding carboxylic acids is 2. The highest BCUT2D eigenvalue weighted by atomic mass is 16.4. The fourth-order valence-corrected chi connectivity index (χ4v) is 5.22. The molecule has 2 bridgehead atoms. The lowest BCUT2D eigenvalue weighted by Gasteiger charge is -2.22. The lowest BCUT2D eigenvalue weighted by Crippen LogP contribution is -2.50. The molecule has 37 heavy (non-hydrogen) atoms. The first-order valence-corrected chi connectivity index (χ1v) is 13.4. The van der Waals surface area contributed by atoms with E-state index in [-0.39, 0.29) is 18.2 Å². The molecule has 0 radical (unpaired) electrons. The molecule has 0 aliphatic carbocycles. The number of aliphatic carboxylic acids is 1. The minimum absolute atomic E-state index is 0.220. The van der Waals surface area contributed by atoms with Crippen LogP contribution in [0.3, 0.4) is 0 Å². The molecule has 1 aromatic heterocycles. The zero-order valence-electron chi connectivity index (χ0n) is 21.3. The summed E-state index contributed by atoms with van der Waals surface area (Å²) in [7, 11) is 0. The molecule has 2 heterocycles. The van der Waals surface area contributed by atoms with Gasteiger partial charge < -0.3 is 20.3 Å². The van der Waals surface area contributed by atoms with Gasteiger partial charge in [-0.15, -0.1) is 0 Å². The van der Waals surface area contributed by atoms with Gasteiger partial charge in [0.25, 0.3) is 0 Å². The highest BCUT2D eigenvalue weighted by Crippen LogP contribution is 2.24. The molecular weight excluding hydrogens is 466 g/mol. The third-order valence-electron chi connectivity index (χ3n) is 7.21. The number of aryl methyl sites for hydroxylation is 2. The van der Waals surface area contributed by atoms with Crippen molar-refractivity contribution in [3.05, 3.63) is 71.9 Å². The number of fused-ring (bicyclic) bond motifs is 5. The Bertz CT molecular complexity index is 1200. The van der Waals surface area contributed by atoms with E-state index in [4.69, 9.17) is 0 Å². The SMILES string of the molecule is O=C(O)C[C@@H](CCCc1ccccc1)C(=O)N[C@H]1Cc2cn(c3ccccc23)CCCCCCNC1=O. The van der Waals surface area contributed by atoms with Gasteiger partial charge in [0.1, 0.15) is 6.04 Å².